The Kier molecular flexibility index (Phi) is 5.32. The van der Waals surface area contributed by atoms with E-state index in [-0.39, 0.29) is 0 Å². The standard InChI is InChI=1S/C13H22N2S2/c1-3-10-12(9-14-4-2)17-13(15-10)11-7-5-6-8-16-11/h11,14H,3-9H2,1-2H3. The molecule has 1 fully saturated rings. The number of nitrogens with zero attached hydrogens (tertiary/aromatic N) is 1. The number of aryl methyl sites for hydroxylation is 1. The van der Waals surface area contributed by atoms with E-state index in [2.05, 4.69) is 30.9 Å². The molecule has 2 rings (SSSR count). The van der Waals surface area contributed by atoms with Crippen molar-refractivity contribution in [3.63, 3.8) is 0 Å². The molecule has 1 saturated heterocycles. The minimum Gasteiger partial charge on any atom is -0.312 e. The Hall–Kier alpha value is -0.0600. The zero-order valence-electron chi connectivity index (χ0n) is 10.8. The molecule has 2 heterocycles. The van der Waals surface area contributed by atoms with Crippen LogP contribution in [0.5, 0.6) is 0 Å². The van der Waals surface area contributed by atoms with Gasteiger partial charge in [0.05, 0.1) is 10.9 Å². The predicted molar refractivity (Wildman–Crippen MR) is 77.9 cm³/mol. The lowest BCUT2D eigenvalue weighted by Gasteiger charge is -2.18. The Morgan fingerprint density at radius 2 is 2.24 bits per heavy atom. The summed E-state index contributed by atoms with van der Waals surface area (Å²) in [5.41, 5.74) is 1.32. The molecule has 1 atom stereocenters. The molecule has 0 bridgehead atoms. The number of hydrogen-bond acceptors (Lipinski definition) is 4. The monoisotopic (exact) mass is 270 g/mol. The second-order valence-electron chi connectivity index (χ2n) is 4.41. The zero-order valence-corrected chi connectivity index (χ0v) is 12.4. The summed E-state index contributed by atoms with van der Waals surface area (Å²) in [5, 5.41) is 5.47. The minimum absolute atomic E-state index is 0.675. The van der Waals surface area contributed by atoms with Crippen molar-refractivity contribution in [2.24, 2.45) is 0 Å². The summed E-state index contributed by atoms with van der Waals surface area (Å²) in [6, 6.07) is 0. The van der Waals surface area contributed by atoms with Crippen LogP contribution in [0.4, 0.5) is 0 Å². The highest BCUT2D eigenvalue weighted by Crippen LogP contribution is 2.40. The van der Waals surface area contributed by atoms with Gasteiger partial charge in [0.1, 0.15) is 5.01 Å². The van der Waals surface area contributed by atoms with Gasteiger partial charge >= 0.3 is 0 Å². The molecule has 0 aromatic carbocycles. The molecule has 0 aliphatic carbocycles. The molecule has 17 heavy (non-hydrogen) atoms. The smallest absolute Gasteiger partial charge is 0.106 e. The maximum atomic E-state index is 4.86. The molecular formula is C13H22N2S2. The summed E-state index contributed by atoms with van der Waals surface area (Å²) >= 11 is 4.04. The van der Waals surface area contributed by atoms with Crippen LogP contribution >= 0.6 is 23.1 Å². The number of thioether (sulfide) groups is 1. The van der Waals surface area contributed by atoms with Crippen LogP contribution in [0.1, 0.15) is 53.9 Å². The molecule has 96 valence electrons. The van der Waals surface area contributed by atoms with Crippen molar-refractivity contribution >= 4 is 23.1 Å². The van der Waals surface area contributed by atoms with Crippen LogP contribution < -0.4 is 5.32 Å². The van der Waals surface area contributed by atoms with Crippen LogP contribution in [0.3, 0.4) is 0 Å². The van der Waals surface area contributed by atoms with Crippen LogP contribution in [0.25, 0.3) is 0 Å². The number of aromatic nitrogens is 1. The van der Waals surface area contributed by atoms with Crippen LogP contribution in [0.2, 0.25) is 0 Å². The van der Waals surface area contributed by atoms with Gasteiger partial charge < -0.3 is 5.32 Å². The van der Waals surface area contributed by atoms with Crippen molar-refractivity contribution in [1.82, 2.24) is 10.3 Å². The van der Waals surface area contributed by atoms with Crippen LogP contribution in [-0.4, -0.2) is 17.3 Å². The molecule has 0 radical (unpaired) electrons. The average Bonchev–Trinajstić information content (AvgIpc) is 2.80. The molecule has 4 heteroatoms. The van der Waals surface area contributed by atoms with Gasteiger partial charge in [-0.25, -0.2) is 4.98 Å². The SMILES string of the molecule is CCNCc1sc(C2CCCCS2)nc1CC. The molecule has 1 aromatic heterocycles. The topological polar surface area (TPSA) is 24.9 Å². The van der Waals surface area contributed by atoms with E-state index in [0.29, 0.717) is 5.25 Å². The maximum absolute atomic E-state index is 4.86. The maximum Gasteiger partial charge on any atom is 0.106 e. The van der Waals surface area contributed by atoms with Crippen molar-refractivity contribution in [3.05, 3.63) is 15.6 Å². The van der Waals surface area contributed by atoms with E-state index < -0.39 is 0 Å². The molecule has 0 spiro atoms. The summed E-state index contributed by atoms with van der Waals surface area (Å²) in [7, 11) is 0. The molecule has 1 aliphatic rings. The molecule has 1 aliphatic heterocycles. The summed E-state index contributed by atoms with van der Waals surface area (Å²) in [5.74, 6) is 1.31. The lowest BCUT2D eigenvalue weighted by atomic mass is 10.2. The number of hydrogen-bond donors (Lipinski definition) is 1. The van der Waals surface area contributed by atoms with Gasteiger partial charge in [0.2, 0.25) is 0 Å². The minimum atomic E-state index is 0.675. The van der Waals surface area contributed by atoms with E-state index in [4.69, 9.17) is 4.98 Å². The van der Waals surface area contributed by atoms with Crippen molar-refractivity contribution in [1.29, 1.82) is 0 Å². The third kappa shape index (κ3) is 3.46. The largest absolute Gasteiger partial charge is 0.312 e. The number of nitrogens with one attached hydrogen (secondary N) is 1. The van der Waals surface area contributed by atoms with Gasteiger partial charge in [-0.15, -0.1) is 11.3 Å². The van der Waals surface area contributed by atoms with Gasteiger partial charge in [0.25, 0.3) is 0 Å². The molecular weight excluding hydrogens is 248 g/mol. The quantitative estimate of drug-likeness (QED) is 0.881. The molecule has 0 amide bonds. The van der Waals surface area contributed by atoms with Crippen molar-refractivity contribution in [3.8, 4) is 0 Å². The fourth-order valence-corrected chi connectivity index (χ4v) is 4.80. The van der Waals surface area contributed by atoms with E-state index in [0.717, 1.165) is 19.5 Å². The van der Waals surface area contributed by atoms with E-state index >= 15 is 0 Å². The highest BCUT2D eigenvalue weighted by atomic mass is 32.2. The Morgan fingerprint density at radius 1 is 1.35 bits per heavy atom. The Bertz CT molecular complexity index is 343. The first-order valence-corrected chi connectivity index (χ1v) is 8.52. The third-order valence-electron chi connectivity index (χ3n) is 3.12. The van der Waals surface area contributed by atoms with Crippen molar-refractivity contribution in [2.45, 2.75) is 51.3 Å². The first-order chi connectivity index (χ1) is 8.35. The van der Waals surface area contributed by atoms with E-state index in [1.807, 2.05) is 11.3 Å². The van der Waals surface area contributed by atoms with Gasteiger partial charge in [-0.3, -0.25) is 0 Å². The van der Waals surface area contributed by atoms with Crippen LogP contribution in [-0.2, 0) is 13.0 Å². The predicted octanol–water partition coefficient (Wildman–Crippen LogP) is 3.77. The highest BCUT2D eigenvalue weighted by molar-refractivity contribution is 7.99. The lowest BCUT2D eigenvalue weighted by Crippen LogP contribution is -2.11. The summed E-state index contributed by atoms with van der Waals surface area (Å²) < 4.78 is 0. The lowest BCUT2D eigenvalue weighted by molar-refractivity contribution is 0.682. The van der Waals surface area contributed by atoms with Gasteiger partial charge in [-0.1, -0.05) is 20.3 Å². The van der Waals surface area contributed by atoms with E-state index in [1.54, 1.807) is 0 Å². The third-order valence-corrected chi connectivity index (χ3v) is 5.87. The molecule has 1 aromatic rings. The molecule has 0 saturated carbocycles. The number of thiazole rings is 1. The summed E-state index contributed by atoms with van der Waals surface area (Å²) in [6.07, 6.45) is 5.15. The fourth-order valence-electron chi connectivity index (χ4n) is 2.13. The summed E-state index contributed by atoms with van der Waals surface area (Å²) in [6.45, 7) is 6.40. The van der Waals surface area contributed by atoms with Gasteiger partial charge in [-0.2, -0.15) is 11.8 Å². The Morgan fingerprint density at radius 3 is 2.88 bits per heavy atom. The van der Waals surface area contributed by atoms with Gasteiger partial charge in [-0.05, 0) is 31.6 Å². The van der Waals surface area contributed by atoms with Gasteiger partial charge in [0, 0.05) is 11.4 Å². The molecule has 1 N–H and O–H groups in total. The summed E-state index contributed by atoms with van der Waals surface area (Å²) in [4.78, 5) is 6.32. The average molecular weight is 270 g/mol. The highest BCUT2D eigenvalue weighted by Gasteiger charge is 2.21. The van der Waals surface area contributed by atoms with Crippen LogP contribution in [0, 0.1) is 0 Å². The molecule has 1 unspecified atom stereocenters. The molecule has 2 nitrogen and oxygen atoms in total. The Labute approximate surface area is 113 Å². The Balaban J connectivity index is 2.08. The van der Waals surface area contributed by atoms with Crippen molar-refractivity contribution in [2.75, 3.05) is 12.3 Å². The second kappa shape index (κ2) is 6.76. The fraction of sp³-hybridized carbons (Fsp3) is 0.769. The number of rotatable bonds is 5. The first kappa shape index (κ1) is 13.4. The second-order valence-corrected chi connectivity index (χ2v) is 6.84. The zero-order chi connectivity index (χ0) is 12.1. The first-order valence-electron chi connectivity index (χ1n) is 6.66. The van der Waals surface area contributed by atoms with E-state index in [1.165, 1.54) is 40.6 Å². The normalized spacial score (nSPS) is 20.7. The van der Waals surface area contributed by atoms with Crippen LogP contribution in [0.15, 0.2) is 0 Å². The van der Waals surface area contributed by atoms with Crippen molar-refractivity contribution < 1.29 is 0 Å². The van der Waals surface area contributed by atoms with Gasteiger partial charge in [0.15, 0.2) is 0 Å². The van der Waals surface area contributed by atoms with E-state index in [9.17, 15) is 0 Å².